The van der Waals surface area contributed by atoms with E-state index >= 15 is 0 Å². The monoisotopic (exact) mass is 481 g/mol. The number of carbonyl (C=O) groups excluding carboxylic acids is 1. The first-order valence-corrected chi connectivity index (χ1v) is 13.8. The molecule has 1 aliphatic rings. The Morgan fingerprint density at radius 1 is 1.33 bits per heavy atom. The van der Waals surface area contributed by atoms with Crippen molar-refractivity contribution in [1.29, 1.82) is 0 Å². The van der Waals surface area contributed by atoms with Crippen LogP contribution in [-0.2, 0) is 14.0 Å². The number of ether oxygens (including phenoxy) is 1. The molecule has 184 valence electrons. The second-order valence-corrected chi connectivity index (χ2v) is 16.0. The SMILES string of the molecule is CC(C)(C)C(=O)[C@@]1(O)[C@@H](CO[Si](C)(C)C(C)(C)C)O[C@@H](n2cnc3c(=O)[nH]c(N)nc32)[C@@H]1O. The predicted molar refractivity (Wildman–Crippen MR) is 125 cm³/mol. The molecule has 1 aliphatic heterocycles. The number of aliphatic hydroxyl groups excluding tert-OH is 1. The Morgan fingerprint density at radius 3 is 2.48 bits per heavy atom. The van der Waals surface area contributed by atoms with Gasteiger partial charge in [-0.2, -0.15) is 4.98 Å². The third kappa shape index (κ3) is 4.25. The molecule has 33 heavy (non-hydrogen) atoms. The summed E-state index contributed by atoms with van der Waals surface area (Å²) in [5.41, 5.74) is 1.96. The first-order chi connectivity index (χ1) is 14.9. The van der Waals surface area contributed by atoms with E-state index in [9.17, 15) is 19.8 Å². The summed E-state index contributed by atoms with van der Waals surface area (Å²) in [6.45, 7) is 15.2. The molecule has 12 heteroatoms. The highest BCUT2D eigenvalue weighted by Crippen LogP contribution is 2.44. The van der Waals surface area contributed by atoms with Crippen LogP contribution in [0.2, 0.25) is 18.1 Å². The van der Waals surface area contributed by atoms with Gasteiger partial charge in [-0.05, 0) is 18.1 Å². The van der Waals surface area contributed by atoms with E-state index < -0.39 is 49.1 Å². The lowest BCUT2D eigenvalue weighted by molar-refractivity contribution is -0.162. The number of hydrogen-bond donors (Lipinski definition) is 4. The zero-order valence-corrected chi connectivity index (χ0v) is 21.5. The number of hydrogen-bond acceptors (Lipinski definition) is 9. The maximum absolute atomic E-state index is 13.4. The Balaban J connectivity index is 2.06. The molecule has 0 aliphatic carbocycles. The Kier molecular flexibility index (Phi) is 6.17. The summed E-state index contributed by atoms with van der Waals surface area (Å²) < 4.78 is 13.6. The van der Waals surface area contributed by atoms with E-state index in [4.69, 9.17) is 14.9 Å². The number of nitrogens with two attached hydrogens (primary N) is 1. The van der Waals surface area contributed by atoms with Crippen LogP contribution in [0.3, 0.4) is 0 Å². The number of fused-ring (bicyclic) bond motifs is 1. The van der Waals surface area contributed by atoms with Crippen molar-refractivity contribution < 1.29 is 24.2 Å². The molecule has 5 N–H and O–H groups in total. The quantitative estimate of drug-likeness (QED) is 0.461. The van der Waals surface area contributed by atoms with Gasteiger partial charge in [0.2, 0.25) is 5.95 Å². The van der Waals surface area contributed by atoms with Gasteiger partial charge in [0.25, 0.3) is 5.56 Å². The van der Waals surface area contributed by atoms with Gasteiger partial charge in [0.05, 0.1) is 12.9 Å². The Morgan fingerprint density at radius 2 is 1.94 bits per heavy atom. The summed E-state index contributed by atoms with van der Waals surface area (Å²) in [5, 5.41) is 22.8. The number of rotatable bonds is 5. The van der Waals surface area contributed by atoms with Crippen LogP contribution in [-0.4, -0.2) is 68.2 Å². The summed E-state index contributed by atoms with van der Waals surface area (Å²) >= 11 is 0. The molecule has 2 aromatic rings. The van der Waals surface area contributed by atoms with Crippen molar-refractivity contribution in [2.75, 3.05) is 12.3 Å². The molecule has 0 amide bonds. The molecule has 0 aromatic carbocycles. The normalized spacial score (nSPS) is 26.8. The van der Waals surface area contributed by atoms with E-state index in [2.05, 4.69) is 35.7 Å². The molecular weight excluding hydrogens is 446 g/mol. The van der Waals surface area contributed by atoms with Gasteiger partial charge in [-0.1, -0.05) is 41.5 Å². The lowest BCUT2D eigenvalue weighted by atomic mass is 9.75. The lowest BCUT2D eigenvalue weighted by Gasteiger charge is -2.39. The Labute approximate surface area is 193 Å². The van der Waals surface area contributed by atoms with Crippen molar-refractivity contribution in [2.45, 2.75) is 83.7 Å². The topological polar surface area (TPSA) is 166 Å². The molecule has 1 saturated heterocycles. The number of imidazole rings is 1. The molecule has 0 spiro atoms. The van der Waals surface area contributed by atoms with Gasteiger partial charge in [0, 0.05) is 5.41 Å². The standard InChI is InChI=1S/C21H35N5O6Si/c1-19(2,3)17(29)21(30)11(9-31-33(7,8)20(4,5)6)32-16(13(21)27)26-10-23-12-14(26)24-18(22)25-15(12)28/h10-11,13,16,27,30H,9H2,1-8H3,(H3,22,24,25,28)/t11-,13+,16-,21-/m1/s1. The summed E-state index contributed by atoms with van der Waals surface area (Å²) in [6, 6.07) is 0. The van der Waals surface area contributed by atoms with E-state index in [-0.39, 0.29) is 28.8 Å². The van der Waals surface area contributed by atoms with Crippen molar-refractivity contribution in [3.63, 3.8) is 0 Å². The number of ketones is 1. The lowest BCUT2D eigenvalue weighted by Crippen LogP contribution is -2.60. The molecular formula is C21H35N5O6Si. The number of Topliss-reactive ketones (excluding diaryl/α,β-unsaturated/α-hetero) is 1. The molecule has 3 rings (SSSR count). The smallest absolute Gasteiger partial charge is 0.280 e. The number of anilines is 1. The van der Waals surface area contributed by atoms with Gasteiger partial charge < -0.3 is 25.1 Å². The van der Waals surface area contributed by atoms with Gasteiger partial charge >= 0.3 is 0 Å². The highest BCUT2D eigenvalue weighted by atomic mass is 28.4. The third-order valence-electron chi connectivity index (χ3n) is 6.69. The molecule has 11 nitrogen and oxygen atoms in total. The van der Waals surface area contributed by atoms with E-state index in [0.29, 0.717) is 0 Å². The van der Waals surface area contributed by atoms with Crippen molar-refractivity contribution in [2.24, 2.45) is 5.41 Å². The average molecular weight is 482 g/mol. The molecule has 0 saturated carbocycles. The van der Waals surface area contributed by atoms with E-state index in [0.717, 1.165) is 0 Å². The average Bonchev–Trinajstić information content (AvgIpc) is 3.18. The first kappa shape index (κ1) is 25.5. The van der Waals surface area contributed by atoms with Crippen molar-refractivity contribution in [3.8, 4) is 0 Å². The molecule has 0 bridgehead atoms. The van der Waals surface area contributed by atoms with Gasteiger partial charge in [-0.3, -0.25) is 19.1 Å². The Bertz CT molecular complexity index is 1120. The second kappa shape index (κ2) is 7.98. The second-order valence-electron chi connectivity index (χ2n) is 11.2. The van der Waals surface area contributed by atoms with E-state index in [1.807, 2.05) is 13.1 Å². The van der Waals surface area contributed by atoms with E-state index in [1.165, 1.54) is 10.9 Å². The summed E-state index contributed by atoms with van der Waals surface area (Å²) in [6.07, 6.45) is -2.81. The van der Waals surface area contributed by atoms with Crippen LogP contribution in [0.15, 0.2) is 11.1 Å². The van der Waals surface area contributed by atoms with Crippen molar-refractivity contribution in [1.82, 2.24) is 19.5 Å². The number of H-pyrrole nitrogens is 1. The minimum Gasteiger partial charge on any atom is -0.414 e. The number of nitrogens with one attached hydrogen (secondary N) is 1. The number of nitrogen functional groups attached to an aromatic ring is 1. The number of aromatic nitrogens is 4. The molecule has 3 heterocycles. The van der Waals surface area contributed by atoms with Crippen LogP contribution >= 0.6 is 0 Å². The van der Waals surface area contributed by atoms with Crippen LogP contribution in [0, 0.1) is 5.41 Å². The van der Waals surface area contributed by atoms with Crippen LogP contribution < -0.4 is 11.3 Å². The molecule has 0 radical (unpaired) electrons. The van der Waals surface area contributed by atoms with Crippen LogP contribution in [0.5, 0.6) is 0 Å². The summed E-state index contributed by atoms with van der Waals surface area (Å²) in [7, 11) is -2.26. The number of carbonyl (C=O) groups is 1. The van der Waals surface area contributed by atoms with Gasteiger partial charge in [0.1, 0.15) is 12.2 Å². The number of nitrogens with zero attached hydrogens (tertiary/aromatic N) is 3. The summed E-state index contributed by atoms with van der Waals surface area (Å²) in [4.78, 5) is 36.0. The highest BCUT2D eigenvalue weighted by molar-refractivity contribution is 6.74. The third-order valence-corrected chi connectivity index (χ3v) is 11.2. The van der Waals surface area contributed by atoms with E-state index in [1.54, 1.807) is 20.8 Å². The van der Waals surface area contributed by atoms with Gasteiger partial charge in [-0.15, -0.1) is 0 Å². The Hall–Kier alpha value is -2.12. The zero-order valence-electron chi connectivity index (χ0n) is 20.5. The van der Waals surface area contributed by atoms with Crippen LogP contribution in [0.4, 0.5) is 5.95 Å². The maximum atomic E-state index is 13.4. The predicted octanol–water partition coefficient (Wildman–Crippen LogP) is 1.33. The van der Waals surface area contributed by atoms with Crippen molar-refractivity contribution in [3.05, 3.63) is 16.7 Å². The minimum absolute atomic E-state index is 0.00772. The van der Waals surface area contributed by atoms with Gasteiger partial charge in [-0.25, -0.2) is 4.98 Å². The highest BCUT2D eigenvalue weighted by Gasteiger charge is 2.63. The fraction of sp³-hybridized carbons (Fsp3) is 0.714. The molecule has 1 fully saturated rings. The summed E-state index contributed by atoms with van der Waals surface area (Å²) in [5.74, 6) is -0.718. The van der Waals surface area contributed by atoms with Crippen LogP contribution in [0.1, 0.15) is 47.8 Å². The first-order valence-electron chi connectivity index (χ1n) is 10.9. The number of aliphatic hydroxyl groups is 2. The largest absolute Gasteiger partial charge is 0.414 e. The fourth-order valence-corrected chi connectivity index (χ4v) is 4.65. The van der Waals surface area contributed by atoms with Gasteiger partial charge in [0.15, 0.2) is 37.1 Å². The molecule has 2 aromatic heterocycles. The fourth-order valence-electron chi connectivity index (χ4n) is 3.65. The maximum Gasteiger partial charge on any atom is 0.280 e. The minimum atomic E-state index is -2.26. The zero-order chi connectivity index (χ0) is 25.1. The molecule has 0 unspecified atom stereocenters. The van der Waals surface area contributed by atoms with Crippen LogP contribution in [0.25, 0.3) is 11.2 Å². The molecule has 4 atom stereocenters. The number of aromatic amines is 1. The van der Waals surface area contributed by atoms with Crippen molar-refractivity contribution >= 4 is 31.2 Å².